The van der Waals surface area contributed by atoms with Crippen molar-refractivity contribution < 1.29 is 19.1 Å². The Morgan fingerprint density at radius 2 is 1.85 bits per heavy atom. The minimum atomic E-state index is -0.248. The molecule has 0 unspecified atom stereocenters. The van der Waals surface area contributed by atoms with Crippen LogP contribution in [-0.2, 0) is 20.7 Å². The third kappa shape index (κ3) is 5.82. The average molecular weight is 526 g/mol. The van der Waals surface area contributed by atoms with Crippen LogP contribution < -0.4 is 4.74 Å². The maximum atomic E-state index is 13.4. The number of methoxy groups -OCH3 is 1. The van der Waals surface area contributed by atoms with Gasteiger partial charge in [0, 0.05) is 31.3 Å². The largest absolute Gasteiger partial charge is 0.497 e. The SMILES string of the molecule is CCOC(=O)[C@H]1CCCN(C(=O)CCc2c(-c3cccc(OC)c3)nc3ccc(-c4cccc(C)c4)cn23)C1. The number of ether oxygens (including phenoxy) is 2. The van der Waals surface area contributed by atoms with Crippen molar-refractivity contribution in [1.82, 2.24) is 14.3 Å². The first-order valence-electron chi connectivity index (χ1n) is 13.6. The summed E-state index contributed by atoms with van der Waals surface area (Å²) >= 11 is 0. The van der Waals surface area contributed by atoms with Crippen molar-refractivity contribution in [2.24, 2.45) is 5.92 Å². The molecular formula is C32H35N3O4. The second-order valence-corrected chi connectivity index (χ2v) is 10.1. The zero-order valence-corrected chi connectivity index (χ0v) is 22.9. The molecule has 1 aliphatic heterocycles. The van der Waals surface area contributed by atoms with Crippen LogP contribution in [0.4, 0.5) is 0 Å². The lowest BCUT2D eigenvalue weighted by atomic mass is 9.97. The molecule has 7 heteroatoms. The zero-order chi connectivity index (χ0) is 27.4. The monoisotopic (exact) mass is 525 g/mol. The third-order valence-electron chi connectivity index (χ3n) is 7.38. The van der Waals surface area contributed by atoms with E-state index in [0.717, 1.165) is 52.3 Å². The highest BCUT2D eigenvalue weighted by molar-refractivity contribution is 5.79. The number of benzene rings is 2. The van der Waals surface area contributed by atoms with Crippen molar-refractivity contribution >= 4 is 17.5 Å². The molecule has 2 aromatic carbocycles. The van der Waals surface area contributed by atoms with Gasteiger partial charge in [-0.2, -0.15) is 0 Å². The fourth-order valence-corrected chi connectivity index (χ4v) is 5.37. The normalized spacial score (nSPS) is 15.4. The van der Waals surface area contributed by atoms with Crippen molar-refractivity contribution in [3.63, 3.8) is 0 Å². The molecule has 1 aliphatic rings. The van der Waals surface area contributed by atoms with E-state index in [4.69, 9.17) is 14.5 Å². The van der Waals surface area contributed by atoms with Gasteiger partial charge in [0.25, 0.3) is 0 Å². The third-order valence-corrected chi connectivity index (χ3v) is 7.38. The number of amides is 1. The summed E-state index contributed by atoms with van der Waals surface area (Å²) < 4.78 is 12.8. The summed E-state index contributed by atoms with van der Waals surface area (Å²) in [4.78, 5) is 32.4. The van der Waals surface area contributed by atoms with E-state index in [-0.39, 0.29) is 17.8 Å². The Morgan fingerprint density at radius 3 is 2.64 bits per heavy atom. The molecule has 1 saturated heterocycles. The fourth-order valence-electron chi connectivity index (χ4n) is 5.37. The number of nitrogens with zero attached hydrogens (tertiary/aromatic N) is 3. The highest BCUT2D eigenvalue weighted by Crippen LogP contribution is 2.31. The van der Waals surface area contributed by atoms with E-state index in [1.165, 1.54) is 5.56 Å². The van der Waals surface area contributed by atoms with E-state index in [1.807, 2.05) is 42.2 Å². The molecular weight excluding hydrogens is 490 g/mol. The predicted molar refractivity (Wildman–Crippen MR) is 152 cm³/mol. The molecule has 0 spiro atoms. The molecule has 4 aromatic rings. The number of esters is 1. The summed E-state index contributed by atoms with van der Waals surface area (Å²) in [5, 5.41) is 0. The molecule has 1 atom stereocenters. The number of hydrogen-bond acceptors (Lipinski definition) is 5. The molecule has 0 N–H and O–H groups in total. The number of imidazole rings is 1. The molecule has 3 heterocycles. The number of rotatable bonds is 8. The Morgan fingerprint density at radius 1 is 1.03 bits per heavy atom. The zero-order valence-electron chi connectivity index (χ0n) is 22.9. The smallest absolute Gasteiger partial charge is 0.310 e. The summed E-state index contributed by atoms with van der Waals surface area (Å²) in [5.74, 6) is 0.346. The van der Waals surface area contributed by atoms with E-state index < -0.39 is 0 Å². The molecule has 0 saturated carbocycles. The Balaban J connectivity index is 1.47. The summed E-state index contributed by atoms with van der Waals surface area (Å²) in [6.45, 7) is 5.34. The molecule has 39 heavy (non-hydrogen) atoms. The first kappa shape index (κ1) is 26.5. The second kappa shape index (κ2) is 11.7. The number of carbonyl (C=O) groups excluding carboxylic acids is 2. The van der Waals surface area contributed by atoms with Gasteiger partial charge in [0.05, 0.1) is 31.0 Å². The topological polar surface area (TPSA) is 73.1 Å². The minimum absolute atomic E-state index is 0.0466. The van der Waals surface area contributed by atoms with Gasteiger partial charge in [-0.25, -0.2) is 4.98 Å². The number of aryl methyl sites for hydroxylation is 2. The van der Waals surface area contributed by atoms with Crippen LogP contribution >= 0.6 is 0 Å². The molecule has 202 valence electrons. The van der Waals surface area contributed by atoms with Crippen LogP contribution in [0.3, 0.4) is 0 Å². The molecule has 7 nitrogen and oxygen atoms in total. The van der Waals surface area contributed by atoms with Gasteiger partial charge in [-0.05, 0) is 68.5 Å². The maximum Gasteiger partial charge on any atom is 0.310 e. The van der Waals surface area contributed by atoms with Crippen molar-refractivity contribution in [3.8, 4) is 28.1 Å². The van der Waals surface area contributed by atoms with Crippen LogP contribution in [0.2, 0.25) is 0 Å². The van der Waals surface area contributed by atoms with Gasteiger partial charge in [-0.15, -0.1) is 0 Å². The van der Waals surface area contributed by atoms with Crippen LogP contribution in [0.15, 0.2) is 66.9 Å². The van der Waals surface area contributed by atoms with Crippen LogP contribution in [0.5, 0.6) is 5.75 Å². The lowest BCUT2D eigenvalue weighted by Gasteiger charge is -2.31. The quantitative estimate of drug-likeness (QED) is 0.275. The van der Waals surface area contributed by atoms with Crippen LogP contribution in [0.25, 0.3) is 28.0 Å². The van der Waals surface area contributed by atoms with E-state index >= 15 is 0 Å². The maximum absolute atomic E-state index is 13.4. The summed E-state index contributed by atoms with van der Waals surface area (Å²) in [6.07, 6.45) is 4.52. The van der Waals surface area contributed by atoms with Gasteiger partial charge in [0.1, 0.15) is 11.4 Å². The van der Waals surface area contributed by atoms with Crippen LogP contribution in [0.1, 0.15) is 37.4 Å². The first-order chi connectivity index (χ1) is 19.0. The number of pyridine rings is 1. The summed E-state index contributed by atoms with van der Waals surface area (Å²) in [5.41, 5.74) is 7.00. The van der Waals surface area contributed by atoms with Gasteiger partial charge in [0.15, 0.2) is 0 Å². The summed E-state index contributed by atoms with van der Waals surface area (Å²) in [7, 11) is 1.65. The predicted octanol–water partition coefficient (Wildman–Crippen LogP) is 5.72. The lowest BCUT2D eigenvalue weighted by Crippen LogP contribution is -2.42. The lowest BCUT2D eigenvalue weighted by molar-refractivity contribution is -0.151. The van der Waals surface area contributed by atoms with E-state index in [9.17, 15) is 9.59 Å². The van der Waals surface area contributed by atoms with Crippen molar-refractivity contribution in [3.05, 3.63) is 78.1 Å². The molecule has 2 aromatic heterocycles. The Kier molecular flexibility index (Phi) is 7.96. The molecule has 1 fully saturated rings. The van der Waals surface area contributed by atoms with Gasteiger partial charge in [-0.3, -0.25) is 9.59 Å². The fraction of sp³-hybridized carbons (Fsp3) is 0.344. The highest BCUT2D eigenvalue weighted by Gasteiger charge is 2.29. The number of aromatic nitrogens is 2. The minimum Gasteiger partial charge on any atom is -0.497 e. The molecule has 5 rings (SSSR count). The molecule has 1 amide bonds. The van der Waals surface area contributed by atoms with E-state index in [1.54, 1.807) is 7.11 Å². The Hall–Kier alpha value is -4.13. The molecule has 0 aliphatic carbocycles. The summed E-state index contributed by atoms with van der Waals surface area (Å²) in [6, 6.07) is 20.4. The van der Waals surface area contributed by atoms with Crippen LogP contribution in [-0.4, -0.2) is 53.0 Å². The standard InChI is InChI=1S/C32H35N3O4/c1-4-39-32(37)26-11-7-17-34(20-26)30(36)16-14-28-31(24-10-6-12-27(19-24)38-3)33-29-15-13-25(21-35(28)29)23-9-5-8-22(2)18-23/h5-6,8-10,12-13,15,18-19,21,26H,4,7,11,14,16-17,20H2,1-3H3/t26-/m0/s1. The average Bonchev–Trinajstić information content (AvgIpc) is 3.34. The number of fused-ring (bicyclic) bond motifs is 1. The van der Waals surface area contributed by atoms with Crippen molar-refractivity contribution in [2.75, 3.05) is 26.8 Å². The van der Waals surface area contributed by atoms with Crippen molar-refractivity contribution in [2.45, 2.75) is 39.5 Å². The first-order valence-corrected chi connectivity index (χ1v) is 13.6. The van der Waals surface area contributed by atoms with Gasteiger partial charge < -0.3 is 18.8 Å². The Bertz CT molecular complexity index is 1490. The molecule has 0 bridgehead atoms. The van der Waals surface area contributed by atoms with E-state index in [2.05, 4.69) is 47.9 Å². The number of hydrogen-bond donors (Lipinski definition) is 0. The van der Waals surface area contributed by atoms with Crippen LogP contribution in [0, 0.1) is 12.8 Å². The number of piperidine rings is 1. The number of carbonyl (C=O) groups is 2. The van der Waals surface area contributed by atoms with Gasteiger partial charge >= 0.3 is 5.97 Å². The highest BCUT2D eigenvalue weighted by atomic mass is 16.5. The second-order valence-electron chi connectivity index (χ2n) is 10.1. The number of likely N-dealkylation sites (tertiary alicyclic amines) is 1. The van der Waals surface area contributed by atoms with Gasteiger partial charge in [-0.1, -0.05) is 42.0 Å². The molecule has 0 radical (unpaired) electrons. The Labute approximate surface area is 229 Å². The van der Waals surface area contributed by atoms with E-state index in [0.29, 0.717) is 32.5 Å². The van der Waals surface area contributed by atoms with Crippen molar-refractivity contribution in [1.29, 1.82) is 0 Å². The van der Waals surface area contributed by atoms with Gasteiger partial charge in [0.2, 0.25) is 5.91 Å².